The number of esters is 2. The van der Waals surface area contributed by atoms with Crippen LogP contribution in [0.5, 0.6) is 0 Å². The van der Waals surface area contributed by atoms with E-state index in [1.165, 1.54) is 38.5 Å². The van der Waals surface area contributed by atoms with Crippen LogP contribution < -0.4 is 0 Å². The van der Waals surface area contributed by atoms with Gasteiger partial charge in [-0.15, -0.1) is 0 Å². The highest BCUT2D eigenvalue weighted by atomic mass is 16.5. The molecule has 1 aromatic carbocycles. The quantitative estimate of drug-likeness (QED) is 0.281. The van der Waals surface area contributed by atoms with E-state index in [2.05, 4.69) is 6.92 Å². The highest BCUT2D eigenvalue weighted by molar-refractivity contribution is 6.03. The van der Waals surface area contributed by atoms with Crippen LogP contribution in [0.2, 0.25) is 0 Å². The van der Waals surface area contributed by atoms with Crippen molar-refractivity contribution in [2.45, 2.75) is 91.1 Å². The first kappa shape index (κ1) is 23.2. The van der Waals surface area contributed by atoms with Crippen LogP contribution in [-0.2, 0) is 9.47 Å². The minimum atomic E-state index is -0.462. The molecule has 0 aliphatic heterocycles. The monoisotopic (exact) mass is 376 g/mol. The predicted octanol–water partition coefficient (Wildman–Crippen LogP) is 6.33. The average molecular weight is 377 g/mol. The van der Waals surface area contributed by atoms with Gasteiger partial charge in [-0.1, -0.05) is 77.3 Å². The minimum Gasteiger partial charge on any atom is -0.462 e. The lowest BCUT2D eigenvalue weighted by molar-refractivity contribution is 0.0311. The Morgan fingerprint density at radius 2 is 1.37 bits per heavy atom. The van der Waals surface area contributed by atoms with Crippen molar-refractivity contribution in [3.8, 4) is 0 Å². The van der Waals surface area contributed by atoms with E-state index in [0.717, 1.165) is 25.7 Å². The van der Waals surface area contributed by atoms with Crippen LogP contribution in [0.3, 0.4) is 0 Å². The van der Waals surface area contributed by atoms with E-state index >= 15 is 0 Å². The van der Waals surface area contributed by atoms with Crippen LogP contribution in [0.4, 0.5) is 0 Å². The summed E-state index contributed by atoms with van der Waals surface area (Å²) >= 11 is 0. The first-order chi connectivity index (χ1) is 13.1. The molecule has 1 atom stereocenters. The Morgan fingerprint density at radius 3 is 1.96 bits per heavy atom. The van der Waals surface area contributed by atoms with E-state index in [4.69, 9.17) is 9.47 Å². The third-order valence-corrected chi connectivity index (χ3v) is 4.60. The van der Waals surface area contributed by atoms with Gasteiger partial charge >= 0.3 is 11.9 Å². The molecule has 1 unspecified atom stereocenters. The maximum atomic E-state index is 12.4. The van der Waals surface area contributed by atoms with Crippen molar-refractivity contribution in [3.05, 3.63) is 35.4 Å². The number of unbranched alkanes of at least 4 members (excludes halogenated alkanes) is 7. The third-order valence-electron chi connectivity index (χ3n) is 4.60. The molecule has 1 aromatic rings. The van der Waals surface area contributed by atoms with E-state index in [0.29, 0.717) is 6.61 Å². The van der Waals surface area contributed by atoms with Crippen LogP contribution in [0.1, 0.15) is 106 Å². The van der Waals surface area contributed by atoms with E-state index < -0.39 is 11.9 Å². The Kier molecular flexibility index (Phi) is 12.2. The summed E-state index contributed by atoms with van der Waals surface area (Å²) < 4.78 is 10.8. The molecule has 27 heavy (non-hydrogen) atoms. The summed E-state index contributed by atoms with van der Waals surface area (Å²) in [7, 11) is 0. The van der Waals surface area contributed by atoms with Gasteiger partial charge in [-0.05, 0) is 31.9 Å². The number of carbonyl (C=O) groups excluding carboxylic acids is 2. The molecule has 0 radical (unpaired) electrons. The molecule has 0 saturated carbocycles. The molecule has 152 valence electrons. The second-order valence-corrected chi connectivity index (χ2v) is 7.16. The maximum Gasteiger partial charge on any atom is 0.339 e. The van der Waals surface area contributed by atoms with E-state index in [9.17, 15) is 9.59 Å². The zero-order chi connectivity index (χ0) is 19.9. The van der Waals surface area contributed by atoms with Gasteiger partial charge < -0.3 is 9.47 Å². The molecule has 0 saturated heterocycles. The van der Waals surface area contributed by atoms with Crippen LogP contribution in [0, 0.1) is 0 Å². The van der Waals surface area contributed by atoms with Gasteiger partial charge in [-0.3, -0.25) is 0 Å². The molecule has 1 rings (SSSR count). The maximum absolute atomic E-state index is 12.4. The molecule has 0 aromatic heterocycles. The predicted molar refractivity (Wildman–Crippen MR) is 109 cm³/mol. The standard InChI is InChI=1S/C23H36O4/c1-4-6-7-8-9-10-11-14-18-26-22(24)20-16-12-13-17-21(20)23(25)27-19(3)15-5-2/h12-13,16-17,19H,4-11,14-15,18H2,1-3H3. The van der Waals surface area contributed by atoms with Crippen LogP contribution in [0.25, 0.3) is 0 Å². The van der Waals surface area contributed by atoms with Crippen molar-refractivity contribution < 1.29 is 19.1 Å². The lowest BCUT2D eigenvalue weighted by Gasteiger charge is -2.14. The molecule has 0 aliphatic carbocycles. The fourth-order valence-corrected chi connectivity index (χ4v) is 3.03. The molecule has 0 amide bonds. The number of rotatable bonds is 14. The van der Waals surface area contributed by atoms with Crippen molar-refractivity contribution >= 4 is 11.9 Å². The Labute approximate surface area is 164 Å². The molecule has 0 aliphatic rings. The lowest BCUT2D eigenvalue weighted by Crippen LogP contribution is -2.18. The largest absolute Gasteiger partial charge is 0.462 e. The van der Waals surface area contributed by atoms with Gasteiger partial charge in [0, 0.05) is 0 Å². The lowest BCUT2D eigenvalue weighted by atomic mass is 10.1. The average Bonchev–Trinajstić information content (AvgIpc) is 2.66. The molecular weight excluding hydrogens is 340 g/mol. The molecule has 0 fully saturated rings. The van der Waals surface area contributed by atoms with Gasteiger partial charge in [0.1, 0.15) is 0 Å². The number of carbonyl (C=O) groups is 2. The molecule has 0 N–H and O–H groups in total. The summed E-state index contributed by atoms with van der Waals surface area (Å²) in [6, 6.07) is 6.71. The van der Waals surface area contributed by atoms with Gasteiger partial charge in [0.2, 0.25) is 0 Å². The van der Waals surface area contributed by atoms with Crippen molar-refractivity contribution in [3.63, 3.8) is 0 Å². The first-order valence-electron chi connectivity index (χ1n) is 10.6. The normalized spacial score (nSPS) is 11.8. The Bertz CT molecular complexity index is 553. The van der Waals surface area contributed by atoms with Crippen molar-refractivity contribution in [1.82, 2.24) is 0 Å². The molecule has 4 heteroatoms. The zero-order valence-corrected chi connectivity index (χ0v) is 17.3. The Hall–Kier alpha value is -1.84. The van der Waals surface area contributed by atoms with Gasteiger partial charge in [-0.2, -0.15) is 0 Å². The van der Waals surface area contributed by atoms with E-state index in [-0.39, 0.29) is 17.2 Å². The summed E-state index contributed by atoms with van der Waals surface area (Å²) in [6.45, 7) is 6.52. The van der Waals surface area contributed by atoms with E-state index in [1.807, 2.05) is 13.8 Å². The highest BCUT2D eigenvalue weighted by Gasteiger charge is 2.20. The first-order valence-corrected chi connectivity index (χ1v) is 10.6. The highest BCUT2D eigenvalue weighted by Crippen LogP contribution is 2.15. The minimum absolute atomic E-state index is 0.163. The van der Waals surface area contributed by atoms with Gasteiger partial charge in [0.25, 0.3) is 0 Å². The van der Waals surface area contributed by atoms with Gasteiger partial charge in [-0.25, -0.2) is 9.59 Å². The summed E-state index contributed by atoms with van der Waals surface area (Å²) in [5, 5.41) is 0. The number of hydrogen-bond donors (Lipinski definition) is 0. The zero-order valence-electron chi connectivity index (χ0n) is 17.3. The summed E-state index contributed by atoms with van der Waals surface area (Å²) in [5.74, 6) is -0.913. The SMILES string of the molecule is CCCCCCCCCCOC(=O)c1ccccc1C(=O)OC(C)CCC. The summed E-state index contributed by atoms with van der Waals surface area (Å²) in [4.78, 5) is 24.7. The second-order valence-electron chi connectivity index (χ2n) is 7.16. The summed E-state index contributed by atoms with van der Waals surface area (Å²) in [5.41, 5.74) is 0.562. The van der Waals surface area contributed by atoms with Gasteiger partial charge in [0.05, 0.1) is 23.8 Å². The van der Waals surface area contributed by atoms with Gasteiger partial charge in [0.15, 0.2) is 0 Å². The summed E-state index contributed by atoms with van der Waals surface area (Å²) in [6.07, 6.45) is 11.1. The smallest absolute Gasteiger partial charge is 0.339 e. The number of hydrogen-bond acceptors (Lipinski definition) is 4. The Balaban J connectivity index is 2.39. The molecular formula is C23H36O4. The van der Waals surface area contributed by atoms with E-state index in [1.54, 1.807) is 24.3 Å². The second kappa shape index (κ2) is 14.2. The number of benzene rings is 1. The van der Waals surface area contributed by atoms with Crippen LogP contribution in [0.15, 0.2) is 24.3 Å². The third kappa shape index (κ3) is 9.60. The Morgan fingerprint density at radius 1 is 0.815 bits per heavy atom. The fraction of sp³-hybridized carbons (Fsp3) is 0.652. The fourth-order valence-electron chi connectivity index (χ4n) is 3.03. The van der Waals surface area contributed by atoms with Crippen LogP contribution >= 0.6 is 0 Å². The van der Waals surface area contributed by atoms with Crippen LogP contribution in [-0.4, -0.2) is 24.6 Å². The topological polar surface area (TPSA) is 52.6 Å². The molecule has 0 heterocycles. The van der Waals surface area contributed by atoms with Crippen molar-refractivity contribution in [2.75, 3.05) is 6.61 Å². The van der Waals surface area contributed by atoms with Crippen molar-refractivity contribution in [1.29, 1.82) is 0 Å². The van der Waals surface area contributed by atoms with Crippen molar-refractivity contribution in [2.24, 2.45) is 0 Å². The molecule has 0 bridgehead atoms. The number of ether oxygens (including phenoxy) is 2. The molecule has 0 spiro atoms. The molecule has 4 nitrogen and oxygen atoms in total.